The third-order valence-electron chi connectivity index (χ3n) is 3.86. The summed E-state index contributed by atoms with van der Waals surface area (Å²) in [5, 5.41) is 16.3. The highest BCUT2D eigenvalue weighted by molar-refractivity contribution is 6.32. The highest BCUT2D eigenvalue weighted by Gasteiger charge is 2.23. The number of nitrogens with one attached hydrogen (secondary N) is 2. The Balaban J connectivity index is 1.85. The van der Waals surface area contributed by atoms with Crippen molar-refractivity contribution in [2.75, 3.05) is 44.6 Å². The van der Waals surface area contributed by atoms with Gasteiger partial charge in [-0.05, 0) is 12.1 Å². The maximum Gasteiger partial charge on any atom is 0.321 e. The first kappa shape index (κ1) is 19.7. The van der Waals surface area contributed by atoms with E-state index in [1.807, 2.05) is 4.90 Å². The van der Waals surface area contributed by atoms with E-state index in [-0.39, 0.29) is 29.2 Å². The molecule has 1 aliphatic rings. The summed E-state index contributed by atoms with van der Waals surface area (Å²) in [5.41, 5.74) is 0.0390. The van der Waals surface area contributed by atoms with Crippen LogP contribution in [0, 0.1) is 10.1 Å². The zero-order valence-corrected chi connectivity index (χ0v) is 14.9. The molecule has 1 aliphatic heterocycles. The molecule has 1 aromatic carbocycles. The predicted octanol–water partition coefficient (Wildman–Crippen LogP) is 1.70. The van der Waals surface area contributed by atoms with E-state index < -0.39 is 4.92 Å². The van der Waals surface area contributed by atoms with E-state index in [9.17, 15) is 19.7 Å². The van der Waals surface area contributed by atoms with Crippen LogP contribution in [0.15, 0.2) is 30.9 Å². The summed E-state index contributed by atoms with van der Waals surface area (Å²) in [6.07, 6.45) is 1.61. The van der Waals surface area contributed by atoms with Crippen molar-refractivity contribution in [3.8, 4) is 0 Å². The zero-order valence-electron chi connectivity index (χ0n) is 14.1. The van der Waals surface area contributed by atoms with Gasteiger partial charge in [0.25, 0.3) is 5.69 Å². The molecule has 3 amide bonds. The number of hydrogen-bond acceptors (Lipinski definition) is 5. The number of carbonyl (C=O) groups is 2. The van der Waals surface area contributed by atoms with Gasteiger partial charge in [-0.1, -0.05) is 17.7 Å². The number of hydrogen-bond donors (Lipinski definition) is 2. The SMILES string of the molecule is C=CCNC(=O)CN1CCN(C(=O)Nc2ccc(Cl)c([N+](=O)[O-])c2)CC1. The highest BCUT2D eigenvalue weighted by Crippen LogP contribution is 2.27. The summed E-state index contributed by atoms with van der Waals surface area (Å²) in [6.45, 7) is 6.27. The van der Waals surface area contributed by atoms with E-state index in [0.29, 0.717) is 38.4 Å². The van der Waals surface area contributed by atoms with Crippen molar-refractivity contribution in [1.82, 2.24) is 15.1 Å². The minimum Gasteiger partial charge on any atom is -0.352 e. The standard InChI is InChI=1S/C16H20ClN5O4/c1-2-5-18-15(23)11-20-6-8-21(9-7-20)16(24)19-12-3-4-13(17)14(10-12)22(25)26/h2-4,10H,1,5-9,11H2,(H,18,23)(H,19,24). The van der Waals surface area contributed by atoms with E-state index in [1.165, 1.54) is 18.2 Å². The van der Waals surface area contributed by atoms with Crippen LogP contribution in [0.5, 0.6) is 0 Å². The first-order valence-corrected chi connectivity index (χ1v) is 8.38. The van der Waals surface area contributed by atoms with Gasteiger partial charge >= 0.3 is 6.03 Å². The molecule has 1 heterocycles. The van der Waals surface area contributed by atoms with Crippen LogP contribution in [0.25, 0.3) is 0 Å². The van der Waals surface area contributed by atoms with Crippen molar-refractivity contribution < 1.29 is 14.5 Å². The van der Waals surface area contributed by atoms with Crippen molar-refractivity contribution in [3.63, 3.8) is 0 Å². The lowest BCUT2D eigenvalue weighted by atomic mass is 10.2. The first-order valence-electron chi connectivity index (χ1n) is 8.00. The lowest BCUT2D eigenvalue weighted by molar-refractivity contribution is -0.384. The fraction of sp³-hybridized carbons (Fsp3) is 0.375. The topological polar surface area (TPSA) is 108 Å². The van der Waals surface area contributed by atoms with E-state index in [2.05, 4.69) is 17.2 Å². The molecule has 2 rings (SSSR count). The van der Waals surface area contributed by atoms with Gasteiger partial charge in [0.15, 0.2) is 0 Å². The second-order valence-corrected chi connectivity index (χ2v) is 6.12. The normalized spacial score (nSPS) is 14.6. The number of anilines is 1. The van der Waals surface area contributed by atoms with Crippen LogP contribution >= 0.6 is 11.6 Å². The van der Waals surface area contributed by atoms with Gasteiger partial charge in [-0.25, -0.2) is 4.79 Å². The fourth-order valence-electron chi connectivity index (χ4n) is 2.49. The molecule has 0 saturated carbocycles. The highest BCUT2D eigenvalue weighted by atomic mass is 35.5. The van der Waals surface area contributed by atoms with E-state index in [4.69, 9.17) is 11.6 Å². The van der Waals surface area contributed by atoms with E-state index in [1.54, 1.807) is 11.0 Å². The quantitative estimate of drug-likeness (QED) is 0.443. The maximum atomic E-state index is 12.3. The van der Waals surface area contributed by atoms with Crippen molar-refractivity contribution in [2.45, 2.75) is 0 Å². The number of carbonyl (C=O) groups excluding carboxylic acids is 2. The molecular formula is C16H20ClN5O4. The Morgan fingerprint density at radius 2 is 2.00 bits per heavy atom. The Labute approximate surface area is 155 Å². The van der Waals surface area contributed by atoms with Crippen LogP contribution in [-0.2, 0) is 4.79 Å². The minimum absolute atomic E-state index is 0.0105. The molecule has 0 bridgehead atoms. The molecule has 0 unspecified atom stereocenters. The summed E-state index contributed by atoms with van der Waals surface area (Å²) in [5.74, 6) is -0.0868. The molecule has 10 heteroatoms. The Bertz CT molecular complexity index is 704. The van der Waals surface area contributed by atoms with Gasteiger partial charge in [0, 0.05) is 44.5 Å². The molecule has 0 aromatic heterocycles. The number of halogens is 1. The van der Waals surface area contributed by atoms with E-state index in [0.717, 1.165) is 0 Å². The molecule has 9 nitrogen and oxygen atoms in total. The average Bonchev–Trinajstić information content (AvgIpc) is 2.62. The lowest BCUT2D eigenvalue weighted by Crippen LogP contribution is -2.52. The van der Waals surface area contributed by atoms with Crippen LogP contribution in [-0.4, -0.2) is 65.9 Å². The third-order valence-corrected chi connectivity index (χ3v) is 4.18. The monoisotopic (exact) mass is 381 g/mol. The number of benzene rings is 1. The largest absolute Gasteiger partial charge is 0.352 e. The van der Waals surface area contributed by atoms with Crippen LogP contribution in [0.3, 0.4) is 0 Å². The number of urea groups is 1. The van der Waals surface area contributed by atoms with Crippen LogP contribution in [0.1, 0.15) is 0 Å². The van der Waals surface area contributed by atoms with Crippen molar-refractivity contribution in [1.29, 1.82) is 0 Å². The molecular weight excluding hydrogens is 362 g/mol. The van der Waals surface area contributed by atoms with Gasteiger partial charge in [0.05, 0.1) is 11.5 Å². The van der Waals surface area contributed by atoms with Crippen LogP contribution < -0.4 is 10.6 Å². The number of nitro groups is 1. The Hall–Kier alpha value is -2.65. The fourth-order valence-corrected chi connectivity index (χ4v) is 2.67. The number of amides is 3. The second kappa shape index (κ2) is 9.16. The maximum absolute atomic E-state index is 12.3. The zero-order chi connectivity index (χ0) is 19.1. The van der Waals surface area contributed by atoms with Gasteiger partial charge in [-0.15, -0.1) is 6.58 Å². The van der Waals surface area contributed by atoms with Crippen molar-refractivity contribution in [3.05, 3.63) is 46.0 Å². The summed E-state index contributed by atoms with van der Waals surface area (Å²) in [6, 6.07) is 3.75. The molecule has 2 N–H and O–H groups in total. The summed E-state index contributed by atoms with van der Waals surface area (Å²) < 4.78 is 0. The van der Waals surface area contributed by atoms with Gasteiger partial charge in [-0.3, -0.25) is 19.8 Å². The molecule has 1 fully saturated rings. The Kier molecular flexibility index (Phi) is 6.93. The molecule has 1 aromatic rings. The first-order chi connectivity index (χ1) is 12.4. The summed E-state index contributed by atoms with van der Waals surface area (Å²) in [7, 11) is 0. The van der Waals surface area contributed by atoms with E-state index >= 15 is 0 Å². The lowest BCUT2D eigenvalue weighted by Gasteiger charge is -2.34. The van der Waals surface area contributed by atoms with Gasteiger partial charge in [0.1, 0.15) is 5.02 Å². The van der Waals surface area contributed by atoms with Crippen molar-refractivity contribution in [2.24, 2.45) is 0 Å². The number of nitro benzene ring substituents is 1. The number of piperazine rings is 1. The summed E-state index contributed by atoms with van der Waals surface area (Å²) >= 11 is 5.76. The smallest absolute Gasteiger partial charge is 0.321 e. The molecule has 26 heavy (non-hydrogen) atoms. The Morgan fingerprint density at radius 1 is 1.31 bits per heavy atom. The molecule has 0 spiro atoms. The van der Waals surface area contributed by atoms with Gasteiger partial charge in [-0.2, -0.15) is 0 Å². The van der Waals surface area contributed by atoms with Crippen LogP contribution in [0.2, 0.25) is 5.02 Å². The molecule has 0 atom stereocenters. The molecule has 0 aliphatic carbocycles. The third kappa shape index (κ3) is 5.43. The Morgan fingerprint density at radius 3 is 2.62 bits per heavy atom. The van der Waals surface area contributed by atoms with Gasteiger partial charge < -0.3 is 15.5 Å². The second-order valence-electron chi connectivity index (χ2n) is 5.71. The number of rotatable bonds is 6. The van der Waals surface area contributed by atoms with Gasteiger partial charge in [0.2, 0.25) is 5.91 Å². The summed E-state index contributed by atoms with van der Waals surface area (Å²) in [4.78, 5) is 37.8. The average molecular weight is 382 g/mol. The van der Waals surface area contributed by atoms with Crippen molar-refractivity contribution >= 4 is 34.9 Å². The molecule has 140 valence electrons. The number of nitrogens with zero attached hydrogens (tertiary/aromatic N) is 3. The minimum atomic E-state index is -0.603. The van der Waals surface area contributed by atoms with Crippen LogP contribution in [0.4, 0.5) is 16.2 Å². The molecule has 1 saturated heterocycles. The molecule has 0 radical (unpaired) electrons. The predicted molar refractivity (Wildman–Crippen MR) is 98.3 cm³/mol.